The third-order valence-corrected chi connectivity index (χ3v) is 6.08. The molecular weight excluding hydrogens is 417 g/mol. The van der Waals surface area contributed by atoms with Crippen LogP contribution in [0.25, 0.3) is 16.7 Å². The molecule has 0 fully saturated rings. The Labute approximate surface area is 185 Å². The summed E-state index contributed by atoms with van der Waals surface area (Å²) < 4.78 is 6.47. The fourth-order valence-corrected chi connectivity index (χ4v) is 5.21. The molecule has 0 spiro atoms. The topological polar surface area (TPSA) is 41.5 Å². The smallest absolute Gasteiger partial charge is 0.150 e. The zero-order valence-electron chi connectivity index (χ0n) is 16.9. The Morgan fingerprint density at radius 2 is 1.73 bits per heavy atom. The Bertz CT molecular complexity index is 1210. The third-order valence-electron chi connectivity index (χ3n) is 5.64. The molecule has 0 saturated heterocycles. The Hall–Kier alpha value is -2.62. The van der Waals surface area contributed by atoms with Gasteiger partial charge in [0.05, 0.1) is 11.1 Å². The van der Waals surface area contributed by atoms with E-state index in [4.69, 9.17) is 27.9 Å². The van der Waals surface area contributed by atoms with Crippen molar-refractivity contribution >= 4 is 34.5 Å². The molecule has 0 bridgehead atoms. The molecule has 152 valence electrons. The van der Waals surface area contributed by atoms with E-state index in [0.29, 0.717) is 21.4 Å². The summed E-state index contributed by atoms with van der Waals surface area (Å²) in [6, 6.07) is 15.0. The molecule has 3 aromatic carbocycles. The van der Waals surface area contributed by atoms with Crippen molar-refractivity contribution in [1.82, 2.24) is 0 Å². The minimum Gasteiger partial charge on any atom is -0.507 e. The highest BCUT2D eigenvalue weighted by atomic mass is 35.5. The Balaban J connectivity index is 1.84. The van der Waals surface area contributed by atoms with E-state index in [1.807, 2.05) is 18.2 Å². The zero-order valence-corrected chi connectivity index (χ0v) is 18.4. The third kappa shape index (κ3) is 3.05. The molecule has 3 aromatic rings. The van der Waals surface area contributed by atoms with Crippen LogP contribution in [0.2, 0.25) is 10.0 Å². The van der Waals surface area contributed by atoms with E-state index in [1.165, 1.54) is 0 Å². The van der Waals surface area contributed by atoms with Crippen LogP contribution in [0.3, 0.4) is 0 Å². The number of anilines is 1. The predicted octanol–water partition coefficient (Wildman–Crippen LogP) is 7.46. The number of allylic oxidation sites excluding steroid dienone is 1. The van der Waals surface area contributed by atoms with Crippen molar-refractivity contribution in [3.63, 3.8) is 0 Å². The number of benzene rings is 3. The van der Waals surface area contributed by atoms with Crippen molar-refractivity contribution in [2.75, 3.05) is 5.32 Å². The SMILES string of the molecule is CC1=CC(C)(C)Nc2ccc3c(c21)C(c1cc(Cl)cc(Cl)c1)Oc1cccc(O)c1-3. The summed E-state index contributed by atoms with van der Waals surface area (Å²) in [6.45, 7) is 6.40. The van der Waals surface area contributed by atoms with Crippen LogP contribution in [0.1, 0.15) is 43.6 Å². The van der Waals surface area contributed by atoms with Gasteiger partial charge in [-0.1, -0.05) is 41.4 Å². The first-order valence-corrected chi connectivity index (χ1v) is 10.6. The van der Waals surface area contributed by atoms with E-state index in [2.05, 4.69) is 44.3 Å². The van der Waals surface area contributed by atoms with Crippen LogP contribution in [-0.4, -0.2) is 10.6 Å². The fraction of sp³-hybridized carbons (Fsp3) is 0.200. The standard InChI is InChI=1S/C25H21Cl2NO2/c1-13-12-25(2,3)28-18-8-7-17-22-19(29)5-4-6-20(22)30-24(23(17)21(13)18)14-9-15(26)11-16(27)10-14/h4-12,24,28-29H,1-3H3. The van der Waals surface area contributed by atoms with E-state index < -0.39 is 6.10 Å². The average molecular weight is 438 g/mol. The summed E-state index contributed by atoms with van der Waals surface area (Å²) in [4.78, 5) is 0. The van der Waals surface area contributed by atoms with Gasteiger partial charge < -0.3 is 15.2 Å². The first-order chi connectivity index (χ1) is 14.2. The summed E-state index contributed by atoms with van der Waals surface area (Å²) >= 11 is 12.7. The lowest BCUT2D eigenvalue weighted by atomic mass is 9.80. The highest BCUT2D eigenvalue weighted by molar-refractivity contribution is 6.34. The average Bonchev–Trinajstić information content (AvgIpc) is 2.65. The Morgan fingerprint density at radius 1 is 1.00 bits per heavy atom. The monoisotopic (exact) mass is 437 g/mol. The van der Waals surface area contributed by atoms with E-state index >= 15 is 0 Å². The highest BCUT2D eigenvalue weighted by Crippen LogP contribution is 2.53. The van der Waals surface area contributed by atoms with Crippen molar-refractivity contribution < 1.29 is 9.84 Å². The van der Waals surface area contributed by atoms with Gasteiger partial charge in [0.25, 0.3) is 0 Å². The largest absolute Gasteiger partial charge is 0.507 e. The van der Waals surface area contributed by atoms with Crippen molar-refractivity contribution in [3.05, 3.63) is 81.3 Å². The minimum atomic E-state index is -0.410. The first kappa shape index (κ1) is 19.3. The summed E-state index contributed by atoms with van der Waals surface area (Å²) in [5.41, 5.74) is 6.65. The lowest BCUT2D eigenvalue weighted by molar-refractivity contribution is 0.242. The second-order valence-electron chi connectivity index (χ2n) is 8.47. The van der Waals surface area contributed by atoms with Crippen molar-refractivity contribution in [2.45, 2.75) is 32.4 Å². The molecule has 5 rings (SSSR count). The number of hydrogen-bond acceptors (Lipinski definition) is 3. The van der Waals surface area contributed by atoms with E-state index in [0.717, 1.165) is 33.5 Å². The number of ether oxygens (including phenoxy) is 1. The van der Waals surface area contributed by atoms with Gasteiger partial charge in [-0.25, -0.2) is 0 Å². The van der Waals surface area contributed by atoms with Gasteiger partial charge in [-0.3, -0.25) is 0 Å². The molecule has 0 saturated carbocycles. The van der Waals surface area contributed by atoms with E-state index in [1.54, 1.807) is 18.2 Å². The Kier molecular flexibility index (Phi) is 4.32. The summed E-state index contributed by atoms with van der Waals surface area (Å²) in [5, 5.41) is 15.4. The molecule has 30 heavy (non-hydrogen) atoms. The van der Waals surface area contributed by atoms with Gasteiger partial charge in [0.15, 0.2) is 6.10 Å². The molecule has 2 N–H and O–H groups in total. The second-order valence-corrected chi connectivity index (χ2v) is 9.35. The molecule has 5 heteroatoms. The lowest BCUT2D eigenvalue weighted by Crippen LogP contribution is -2.32. The van der Waals surface area contributed by atoms with Gasteiger partial charge in [0.1, 0.15) is 11.5 Å². The van der Waals surface area contributed by atoms with Gasteiger partial charge >= 0.3 is 0 Å². The number of fused-ring (bicyclic) bond motifs is 5. The molecule has 0 radical (unpaired) electrons. The molecule has 1 unspecified atom stereocenters. The molecule has 0 aromatic heterocycles. The Morgan fingerprint density at radius 3 is 2.47 bits per heavy atom. The number of phenols is 1. The molecule has 3 nitrogen and oxygen atoms in total. The number of rotatable bonds is 1. The summed E-state index contributed by atoms with van der Waals surface area (Å²) in [5.74, 6) is 0.830. The maximum Gasteiger partial charge on any atom is 0.150 e. The van der Waals surface area contributed by atoms with Crippen molar-refractivity contribution in [2.24, 2.45) is 0 Å². The van der Waals surface area contributed by atoms with Crippen LogP contribution < -0.4 is 10.1 Å². The quantitative estimate of drug-likeness (QED) is 0.415. The molecule has 0 amide bonds. The minimum absolute atomic E-state index is 0.157. The van der Waals surface area contributed by atoms with Gasteiger partial charge in [-0.2, -0.15) is 0 Å². The molecule has 0 aliphatic carbocycles. The van der Waals surface area contributed by atoms with Crippen LogP contribution >= 0.6 is 23.2 Å². The molecule has 1 atom stereocenters. The number of halogens is 2. The zero-order chi connectivity index (χ0) is 21.2. The normalized spacial score (nSPS) is 18.3. The van der Waals surface area contributed by atoms with Gasteiger partial charge in [-0.15, -0.1) is 0 Å². The number of aromatic hydroxyl groups is 1. The maximum atomic E-state index is 10.6. The van der Waals surface area contributed by atoms with Crippen LogP contribution in [-0.2, 0) is 0 Å². The number of phenolic OH excluding ortho intramolecular Hbond substituents is 1. The van der Waals surface area contributed by atoms with E-state index in [9.17, 15) is 5.11 Å². The first-order valence-electron chi connectivity index (χ1n) is 9.83. The van der Waals surface area contributed by atoms with Crippen LogP contribution in [0, 0.1) is 0 Å². The van der Waals surface area contributed by atoms with E-state index in [-0.39, 0.29) is 11.3 Å². The molecule has 2 heterocycles. The molecule has 2 aliphatic heterocycles. The maximum absolute atomic E-state index is 10.6. The van der Waals surface area contributed by atoms with Crippen LogP contribution in [0.4, 0.5) is 5.69 Å². The van der Waals surface area contributed by atoms with Crippen molar-refractivity contribution in [1.29, 1.82) is 0 Å². The highest BCUT2D eigenvalue weighted by Gasteiger charge is 2.35. The summed E-state index contributed by atoms with van der Waals surface area (Å²) in [7, 11) is 0. The second kappa shape index (κ2) is 6.69. The predicted molar refractivity (Wildman–Crippen MR) is 124 cm³/mol. The van der Waals surface area contributed by atoms with Crippen LogP contribution in [0.15, 0.2) is 54.6 Å². The van der Waals surface area contributed by atoms with Crippen LogP contribution in [0.5, 0.6) is 11.5 Å². The van der Waals surface area contributed by atoms with Crippen molar-refractivity contribution in [3.8, 4) is 22.6 Å². The number of nitrogens with one attached hydrogen (secondary N) is 1. The number of hydrogen-bond donors (Lipinski definition) is 2. The van der Waals surface area contributed by atoms with Gasteiger partial charge in [-0.05, 0) is 73.9 Å². The lowest BCUT2D eigenvalue weighted by Gasteiger charge is -2.37. The fourth-order valence-electron chi connectivity index (χ4n) is 4.67. The van der Waals surface area contributed by atoms with Gasteiger partial charge in [0, 0.05) is 26.9 Å². The molecular formula is C25H21Cl2NO2. The molecule has 2 aliphatic rings. The van der Waals surface area contributed by atoms with Gasteiger partial charge in [0.2, 0.25) is 0 Å². The summed E-state index contributed by atoms with van der Waals surface area (Å²) in [6.07, 6.45) is 1.81.